The molecule has 0 unspecified atom stereocenters. The molecule has 1 aromatic rings. The van der Waals surface area contributed by atoms with Crippen LogP contribution in [-0.2, 0) is 4.79 Å². The van der Waals surface area contributed by atoms with Gasteiger partial charge in [0.1, 0.15) is 0 Å². The van der Waals surface area contributed by atoms with Gasteiger partial charge in [0.15, 0.2) is 0 Å². The van der Waals surface area contributed by atoms with Gasteiger partial charge in [-0.15, -0.1) is 11.8 Å². The maximum atomic E-state index is 10.6. The van der Waals surface area contributed by atoms with Crippen LogP contribution in [-0.4, -0.2) is 17.8 Å². The summed E-state index contributed by atoms with van der Waals surface area (Å²) < 4.78 is 0. The van der Waals surface area contributed by atoms with E-state index in [-0.39, 0.29) is 0 Å². The fraction of sp³-hybridized carbons (Fsp3) is 0.222. The fourth-order valence-electron chi connectivity index (χ4n) is 1.24. The number of aliphatic carboxylic acids is 1. The average molecular weight is 194 g/mol. The van der Waals surface area contributed by atoms with E-state index in [0.29, 0.717) is 6.54 Å². The SMILES string of the molecule is O=C([O-])[C@@H]1CNc2ccccc2S1. The van der Waals surface area contributed by atoms with Crippen molar-refractivity contribution in [1.82, 2.24) is 0 Å². The molecule has 4 heteroatoms. The topological polar surface area (TPSA) is 52.2 Å². The van der Waals surface area contributed by atoms with Gasteiger partial charge in [0.25, 0.3) is 0 Å². The molecular weight excluding hydrogens is 186 g/mol. The number of carboxylic acids is 1. The van der Waals surface area contributed by atoms with Crippen molar-refractivity contribution in [2.24, 2.45) is 0 Å². The van der Waals surface area contributed by atoms with E-state index >= 15 is 0 Å². The first-order valence-electron chi connectivity index (χ1n) is 3.98. The molecule has 13 heavy (non-hydrogen) atoms. The van der Waals surface area contributed by atoms with E-state index in [1.54, 1.807) is 0 Å². The second kappa shape index (κ2) is 3.30. The molecule has 1 N–H and O–H groups in total. The van der Waals surface area contributed by atoms with Crippen LogP contribution in [0.5, 0.6) is 0 Å². The number of carbonyl (C=O) groups is 1. The monoisotopic (exact) mass is 194 g/mol. The minimum atomic E-state index is -1.01. The Morgan fingerprint density at radius 1 is 1.54 bits per heavy atom. The van der Waals surface area contributed by atoms with Crippen molar-refractivity contribution in [3.63, 3.8) is 0 Å². The molecule has 0 spiro atoms. The summed E-state index contributed by atoms with van der Waals surface area (Å²) in [7, 11) is 0. The van der Waals surface area contributed by atoms with Crippen LogP contribution in [0.25, 0.3) is 0 Å². The molecule has 0 fully saturated rings. The number of rotatable bonds is 1. The summed E-state index contributed by atoms with van der Waals surface area (Å²) in [6.45, 7) is 0.435. The van der Waals surface area contributed by atoms with Crippen molar-refractivity contribution < 1.29 is 9.90 Å². The summed E-state index contributed by atoms with van der Waals surface area (Å²) in [6, 6.07) is 7.66. The van der Waals surface area contributed by atoms with E-state index in [4.69, 9.17) is 0 Å². The number of fused-ring (bicyclic) bond motifs is 1. The van der Waals surface area contributed by atoms with Crippen molar-refractivity contribution in [2.45, 2.75) is 10.1 Å². The Morgan fingerprint density at radius 2 is 2.31 bits per heavy atom. The summed E-state index contributed by atoms with van der Waals surface area (Å²) in [5.41, 5.74) is 1.00. The molecule has 1 aliphatic rings. The van der Waals surface area contributed by atoms with Crippen LogP contribution >= 0.6 is 11.8 Å². The first-order valence-corrected chi connectivity index (χ1v) is 4.86. The number of nitrogens with one attached hydrogen (secondary N) is 1. The van der Waals surface area contributed by atoms with Gasteiger partial charge in [-0.05, 0) is 12.1 Å². The van der Waals surface area contributed by atoms with Crippen LogP contribution in [0.4, 0.5) is 5.69 Å². The smallest absolute Gasteiger partial charge is 0.0663 e. The Morgan fingerprint density at radius 3 is 3.08 bits per heavy atom. The zero-order valence-electron chi connectivity index (χ0n) is 6.82. The number of carboxylic acid groups (broad SMARTS) is 1. The number of hydrogen-bond donors (Lipinski definition) is 1. The zero-order valence-corrected chi connectivity index (χ0v) is 7.64. The van der Waals surface area contributed by atoms with Gasteiger partial charge in [0.2, 0.25) is 0 Å². The lowest BCUT2D eigenvalue weighted by Gasteiger charge is -2.25. The molecule has 1 atom stereocenters. The fourth-order valence-corrected chi connectivity index (χ4v) is 2.24. The largest absolute Gasteiger partial charge is 0.549 e. The highest BCUT2D eigenvalue weighted by Crippen LogP contribution is 2.34. The van der Waals surface area contributed by atoms with Crippen molar-refractivity contribution in [3.8, 4) is 0 Å². The maximum Gasteiger partial charge on any atom is 0.0663 e. The van der Waals surface area contributed by atoms with E-state index < -0.39 is 11.2 Å². The van der Waals surface area contributed by atoms with Gasteiger partial charge in [-0.25, -0.2) is 0 Å². The molecule has 1 heterocycles. The molecular formula is C9H8NO2S-. The van der Waals surface area contributed by atoms with Gasteiger partial charge >= 0.3 is 0 Å². The van der Waals surface area contributed by atoms with Crippen LogP contribution in [0.1, 0.15) is 0 Å². The number of para-hydroxylation sites is 1. The molecule has 0 saturated heterocycles. The van der Waals surface area contributed by atoms with E-state index in [9.17, 15) is 9.90 Å². The predicted molar refractivity (Wildman–Crippen MR) is 49.6 cm³/mol. The predicted octanol–water partition coefficient (Wildman–Crippen LogP) is 0.323. The Balaban J connectivity index is 2.24. The Hall–Kier alpha value is -1.16. The molecule has 3 nitrogen and oxygen atoms in total. The number of thioether (sulfide) groups is 1. The lowest BCUT2D eigenvalue weighted by atomic mass is 10.3. The lowest BCUT2D eigenvalue weighted by molar-refractivity contribution is -0.304. The van der Waals surface area contributed by atoms with E-state index in [2.05, 4.69) is 5.32 Å². The van der Waals surface area contributed by atoms with Crippen molar-refractivity contribution in [1.29, 1.82) is 0 Å². The summed E-state index contributed by atoms with van der Waals surface area (Å²) >= 11 is 1.34. The Kier molecular flexibility index (Phi) is 2.14. The van der Waals surface area contributed by atoms with Gasteiger partial charge < -0.3 is 15.2 Å². The Bertz CT molecular complexity index is 340. The second-order valence-corrected chi connectivity index (χ2v) is 4.05. The molecule has 0 amide bonds. The Labute approximate surface area is 80.1 Å². The van der Waals surface area contributed by atoms with Gasteiger partial charge in [0.05, 0.1) is 11.2 Å². The van der Waals surface area contributed by atoms with Gasteiger partial charge in [0, 0.05) is 17.1 Å². The summed E-state index contributed by atoms with van der Waals surface area (Å²) in [6.07, 6.45) is 0. The minimum absolute atomic E-state index is 0.435. The number of anilines is 1. The normalized spacial score (nSPS) is 20.2. The van der Waals surface area contributed by atoms with Crippen LogP contribution in [0, 0.1) is 0 Å². The maximum absolute atomic E-state index is 10.6. The molecule has 0 bridgehead atoms. The molecule has 0 radical (unpaired) electrons. The van der Waals surface area contributed by atoms with Gasteiger partial charge in [-0.3, -0.25) is 0 Å². The highest BCUT2D eigenvalue weighted by atomic mass is 32.2. The second-order valence-electron chi connectivity index (χ2n) is 2.80. The van der Waals surface area contributed by atoms with Gasteiger partial charge in [-0.1, -0.05) is 12.1 Å². The van der Waals surface area contributed by atoms with Crippen molar-refractivity contribution >= 4 is 23.4 Å². The van der Waals surface area contributed by atoms with E-state index in [1.165, 1.54) is 11.8 Å². The first-order chi connectivity index (χ1) is 6.27. The third-order valence-corrected chi connectivity index (χ3v) is 3.15. The number of hydrogen-bond acceptors (Lipinski definition) is 4. The summed E-state index contributed by atoms with van der Waals surface area (Å²) in [5, 5.41) is 13.2. The lowest BCUT2D eigenvalue weighted by Crippen LogP contribution is -2.39. The quantitative estimate of drug-likeness (QED) is 0.699. The highest BCUT2D eigenvalue weighted by molar-refractivity contribution is 8.00. The number of carbonyl (C=O) groups excluding carboxylic acids is 1. The third-order valence-electron chi connectivity index (χ3n) is 1.90. The summed E-state index contributed by atoms with van der Waals surface area (Å²) in [5.74, 6) is -1.01. The standard InChI is InChI=1S/C9H9NO2S/c11-9(12)8-5-10-6-3-1-2-4-7(6)13-8/h1-4,8,10H,5H2,(H,11,12)/p-1/t8-/m0/s1. The van der Waals surface area contributed by atoms with Crippen molar-refractivity contribution in [2.75, 3.05) is 11.9 Å². The molecule has 1 aliphatic heterocycles. The molecule has 1 aromatic carbocycles. The minimum Gasteiger partial charge on any atom is -0.549 e. The molecule has 68 valence electrons. The zero-order chi connectivity index (χ0) is 9.26. The van der Waals surface area contributed by atoms with Gasteiger partial charge in [-0.2, -0.15) is 0 Å². The van der Waals surface area contributed by atoms with Crippen LogP contribution in [0.3, 0.4) is 0 Å². The summed E-state index contributed by atoms with van der Waals surface area (Å²) in [4.78, 5) is 11.6. The average Bonchev–Trinajstić information content (AvgIpc) is 2.17. The van der Waals surface area contributed by atoms with Crippen LogP contribution in [0.15, 0.2) is 29.2 Å². The highest BCUT2D eigenvalue weighted by Gasteiger charge is 2.18. The third kappa shape index (κ3) is 1.62. The molecule has 0 saturated carbocycles. The van der Waals surface area contributed by atoms with Crippen LogP contribution < -0.4 is 10.4 Å². The van der Waals surface area contributed by atoms with E-state index in [0.717, 1.165) is 10.6 Å². The van der Waals surface area contributed by atoms with Crippen molar-refractivity contribution in [3.05, 3.63) is 24.3 Å². The molecule has 2 rings (SSSR count). The number of benzene rings is 1. The van der Waals surface area contributed by atoms with E-state index in [1.807, 2.05) is 24.3 Å². The molecule has 0 aliphatic carbocycles. The first kappa shape index (κ1) is 8.44. The molecule has 0 aromatic heterocycles. The van der Waals surface area contributed by atoms with Crippen LogP contribution in [0.2, 0.25) is 0 Å².